The molecule has 0 saturated carbocycles. The number of rotatable bonds is 5. The van der Waals surface area contributed by atoms with Crippen molar-refractivity contribution in [1.82, 2.24) is 9.78 Å². The maximum Gasteiger partial charge on any atom is 0.182 e. The van der Waals surface area contributed by atoms with Gasteiger partial charge < -0.3 is 10.6 Å². The summed E-state index contributed by atoms with van der Waals surface area (Å²) < 4.78 is 25.3. The van der Waals surface area contributed by atoms with Gasteiger partial charge in [0.1, 0.15) is 5.82 Å². The van der Waals surface area contributed by atoms with E-state index in [1.807, 2.05) is 32.6 Å². The predicted octanol–water partition coefficient (Wildman–Crippen LogP) is 1.30. The topological polar surface area (TPSA) is 81.2 Å². The number of aromatic nitrogens is 2. The number of anilines is 2. The molecule has 7 heteroatoms. The van der Waals surface area contributed by atoms with E-state index in [0.717, 1.165) is 6.26 Å². The summed E-state index contributed by atoms with van der Waals surface area (Å²) in [6.07, 6.45) is 1.16. The Morgan fingerprint density at radius 2 is 1.83 bits per heavy atom. The van der Waals surface area contributed by atoms with E-state index in [9.17, 15) is 8.42 Å². The molecule has 0 atom stereocenters. The highest BCUT2D eigenvalue weighted by Crippen LogP contribution is 2.31. The first-order chi connectivity index (χ1) is 8.23. The third-order valence-electron chi connectivity index (χ3n) is 2.81. The van der Waals surface area contributed by atoms with Gasteiger partial charge in [-0.15, -0.1) is 0 Å². The second kappa shape index (κ2) is 5.17. The Labute approximate surface area is 109 Å². The quantitative estimate of drug-likeness (QED) is 0.875. The summed E-state index contributed by atoms with van der Waals surface area (Å²) in [4.78, 5) is 2.03. The largest absolute Gasteiger partial charge is 0.383 e. The summed E-state index contributed by atoms with van der Waals surface area (Å²) in [7, 11) is -3.39. The summed E-state index contributed by atoms with van der Waals surface area (Å²) in [5.41, 5.74) is 5.93. The van der Waals surface area contributed by atoms with Gasteiger partial charge in [-0.25, -0.2) is 13.1 Å². The Balaban J connectivity index is 3.55. The fourth-order valence-corrected chi connectivity index (χ4v) is 2.87. The van der Waals surface area contributed by atoms with E-state index in [-0.39, 0.29) is 16.8 Å². The van der Waals surface area contributed by atoms with Crippen LogP contribution in [-0.2, 0) is 9.84 Å². The first-order valence-electron chi connectivity index (χ1n) is 6.06. The molecule has 1 aromatic heterocycles. The Morgan fingerprint density at radius 3 is 2.17 bits per heavy atom. The summed E-state index contributed by atoms with van der Waals surface area (Å²) in [6.45, 7) is 9.13. The molecule has 104 valence electrons. The first kappa shape index (κ1) is 14.8. The minimum atomic E-state index is -3.39. The van der Waals surface area contributed by atoms with Gasteiger partial charge in [0.05, 0.1) is 0 Å². The van der Waals surface area contributed by atoms with Gasteiger partial charge in [0.25, 0.3) is 0 Å². The van der Waals surface area contributed by atoms with Gasteiger partial charge in [0.15, 0.2) is 20.6 Å². The van der Waals surface area contributed by atoms with Gasteiger partial charge >= 0.3 is 0 Å². The summed E-state index contributed by atoms with van der Waals surface area (Å²) in [5, 5.41) is 4.36. The second-order valence-electron chi connectivity index (χ2n) is 4.52. The molecular weight excluding hydrogens is 252 g/mol. The monoisotopic (exact) mass is 274 g/mol. The van der Waals surface area contributed by atoms with Crippen LogP contribution in [0.4, 0.5) is 11.6 Å². The summed E-state index contributed by atoms with van der Waals surface area (Å²) in [6, 6.07) is 0.0230. The number of hydrogen-bond acceptors (Lipinski definition) is 5. The van der Waals surface area contributed by atoms with Crippen LogP contribution in [0.2, 0.25) is 0 Å². The highest BCUT2D eigenvalue weighted by molar-refractivity contribution is 7.91. The third-order valence-corrected chi connectivity index (χ3v) is 3.94. The molecule has 0 aromatic carbocycles. The molecule has 0 aliphatic carbocycles. The van der Waals surface area contributed by atoms with Gasteiger partial charge in [-0.3, -0.25) is 0 Å². The van der Waals surface area contributed by atoms with Gasteiger partial charge in [0.2, 0.25) is 0 Å². The van der Waals surface area contributed by atoms with E-state index in [4.69, 9.17) is 5.73 Å². The van der Waals surface area contributed by atoms with Crippen LogP contribution in [0.3, 0.4) is 0 Å². The third kappa shape index (κ3) is 2.60. The van der Waals surface area contributed by atoms with Crippen LogP contribution in [-0.4, -0.2) is 37.5 Å². The molecule has 1 heterocycles. The smallest absolute Gasteiger partial charge is 0.182 e. The van der Waals surface area contributed by atoms with Gasteiger partial charge in [-0.05, 0) is 27.7 Å². The average molecular weight is 274 g/mol. The number of nitrogen functional groups attached to an aromatic ring is 1. The van der Waals surface area contributed by atoms with Crippen LogP contribution in [0, 0.1) is 0 Å². The van der Waals surface area contributed by atoms with Crippen molar-refractivity contribution < 1.29 is 8.42 Å². The normalized spacial score (nSPS) is 12.1. The van der Waals surface area contributed by atoms with Crippen LogP contribution in [0.5, 0.6) is 0 Å². The maximum absolute atomic E-state index is 11.9. The Kier molecular flexibility index (Phi) is 4.26. The lowest BCUT2D eigenvalue weighted by Crippen LogP contribution is -2.24. The Hall–Kier alpha value is -1.24. The molecule has 0 fully saturated rings. The summed E-state index contributed by atoms with van der Waals surface area (Å²) >= 11 is 0. The molecular formula is C11H22N4O2S. The predicted molar refractivity (Wildman–Crippen MR) is 73.7 cm³/mol. The highest BCUT2D eigenvalue weighted by atomic mass is 32.2. The Bertz CT molecular complexity index is 515. The van der Waals surface area contributed by atoms with Crippen molar-refractivity contribution in [3.63, 3.8) is 0 Å². The zero-order valence-electron chi connectivity index (χ0n) is 11.6. The van der Waals surface area contributed by atoms with Crippen LogP contribution in [0.15, 0.2) is 4.90 Å². The van der Waals surface area contributed by atoms with E-state index >= 15 is 0 Å². The molecule has 0 radical (unpaired) electrons. The lowest BCUT2D eigenvalue weighted by Gasteiger charge is -2.18. The molecule has 0 aliphatic heterocycles. The molecule has 0 spiro atoms. The first-order valence-corrected chi connectivity index (χ1v) is 7.96. The zero-order valence-corrected chi connectivity index (χ0v) is 12.5. The van der Waals surface area contributed by atoms with E-state index in [1.54, 1.807) is 4.68 Å². The number of sulfone groups is 1. The van der Waals surface area contributed by atoms with E-state index < -0.39 is 9.84 Å². The van der Waals surface area contributed by atoms with Crippen LogP contribution >= 0.6 is 0 Å². The highest BCUT2D eigenvalue weighted by Gasteiger charge is 2.27. The van der Waals surface area contributed by atoms with E-state index in [2.05, 4.69) is 5.10 Å². The molecule has 0 bridgehead atoms. The van der Waals surface area contributed by atoms with Crippen molar-refractivity contribution in [1.29, 1.82) is 0 Å². The molecule has 6 nitrogen and oxygen atoms in total. The molecule has 0 unspecified atom stereocenters. The summed E-state index contributed by atoms with van der Waals surface area (Å²) in [5.74, 6) is 0.670. The van der Waals surface area contributed by atoms with Crippen LogP contribution in [0.1, 0.15) is 33.7 Å². The van der Waals surface area contributed by atoms with Gasteiger partial charge in [-0.1, -0.05) is 0 Å². The molecule has 18 heavy (non-hydrogen) atoms. The minimum Gasteiger partial charge on any atom is -0.383 e. The lowest BCUT2D eigenvalue weighted by molar-refractivity contribution is 0.538. The SMILES string of the molecule is CCN(CC)c1nn(C(C)C)c(N)c1S(C)(=O)=O. The van der Waals surface area contributed by atoms with Crippen LogP contribution in [0.25, 0.3) is 0 Å². The fraction of sp³-hybridized carbons (Fsp3) is 0.727. The van der Waals surface area contributed by atoms with Gasteiger partial charge in [0, 0.05) is 25.4 Å². The molecule has 0 saturated heterocycles. The van der Waals surface area contributed by atoms with E-state index in [1.165, 1.54) is 0 Å². The molecule has 0 amide bonds. The minimum absolute atomic E-state index is 0.0230. The second-order valence-corrected chi connectivity index (χ2v) is 6.47. The zero-order chi connectivity index (χ0) is 14.1. The van der Waals surface area contributed by atoms with Crippen molar-refractivity contribution in [3.8, 4) is 0 Å². The average Bonchev–Trinajstić information content (AvgIpc) is 2.57. The number of nitrogens with two attached hydrogens (primary N) is 1. The fourth-order valence-electron chi connectivity index (χ4n) is 1.90. The van der Waals surface area contributed by atoms with Crippen LogP contribution < -0.4 is 10.6 Å². The number of nitrogens with zero attached hydrogens (tertiary/aromatic N) is 3. The Morgan fingerprint density at radius 1 is 1.33 bits per heavy atom. The maximum atomic E-state index is 11.9. The standard InChI is InChI=1S/C11H22N4O2S/c1-6-14(7-2)11-9(18(5,16)17)10(12)15(13-11)8(3)4/h8H,6-7,12H2,1-5H3. The van der Waals surface area contributed by atoms with E-state index in [0.29, 0.717) is 18.9 Å². The van der Waals surface area contributed by atoms with Crippen molar-refractivity contribution in [2.45, 2.75) is 38.6 Å². The molecule has 1 aromatic rings. The van der Waals surface area contributed by atoms with Crippen molar-refractivity contribution in [3.05, 3.63) is 0 Å². The molecule has 2 N–H and O–H groups in total. The molecule has 1 rings (SSSR count). The van der Waals surface area contributed by atoms with Crippen molar-refractivity contribution >= 4 is 21.5 Å². The van der Waals surface area contributed by atoms with Crippen molar-refractivity contribution in [2.24, 2.45) is 0 Å². The molecule has 0 aliphatic rings. The number of hydrogen-bond donors (Lipinski definition) is 1. The lowest BCUT2D eigenvalue weighted by atomic mass is 10.4. The van der Waals surface area contributed by atoms with Gasteiger partial charge in [-0.2, -0.15) is 5.10 Å². The van der Waals surface area contributed by atoms with Crippen molar-refractivity contribution in [2.75, 3.05) is 30.0 Å².